The van der Waals surface area contributed by atoms with Gasteiger partial charge in [0.05, 0.1) is 0 Å². The molecular weight excluding hydrogens is 220 g/mol. The van der Waals surface area contributed by atoms with Crippen LogP contribution in [0.1, 0.15) is 15.9 Å². The SMILES string of the molecule is [NH2+]=NCc1ccc(C=O)c(Br)c1. The Morgan fingerprint density at radius 1 is 1.58 bits per heavy atom. The molecule has 0 aliphatic rings. The molecule has 0 fully saturated rings. The minimum atomic E-state index is 0.470. The Morgan fingerprint density at radius 3 is 2.83 bits per heavy atom. The fraction of sp³-hybridized carbons (Fsp3) is 0.125. The maximum atomic E-state index is 10.4. The molecule has 2 N–H and O–H groups in total. The summed E-state index contributed by atoms with van der Waals surface area (Å²) < 4.78 is 0.777. The van der Waals surface area contributed by atoms with Crippen molar-refractivity contribution in [1.29, 1.82) is 0 Å². The van der Waals surface area contributed by atoms with Gasteiger partial charge in [-0.05, 0) is 16.7 Å². The largest absolute Gasteiger partial charge is 0.298 e. The van der Waals surface area contributed by atoms with E-state index in [9.17, 15) is 4.79 Å². The van der Waals surface area contributed by atoms with Crippen LogP contribution in [-0.2, 0) is 6.54 Å². The predicted molar refractivity (Wildman–Crippen MR) is 47.6 cm³/mol. The third kappa shape index (κ3) is 1.98. The molecule has 0 atom stereocenters. The van der Waals surface area contributed by atoms with Gasteiger partial charge in [-0.1, -0.05) is 28.1 Å². The molecule has 0 spiro atoms. The number of carbonyl (C=O) groups excluding carboxylic acids is 1. The lowest BCUT2D eigenvalue weighted by Gasteiger charge is -1.97. The number of benzene rings is 1. The number of rotatable bonds is 3. The third-order valence-corrected chi connectivity index (χ3v) is 2.15. The molecule has 0 saturated heterocycles. The van der Waals surface area contributed by atoms with Crippen molar-refractivity contribution in [3.05, 3.63) is 33.8 Å². The minimum Gasteiger partial charge on any atom is -0.298 e. The van der Waals surface area contributed by atoms with Gasteiger partial charge < -0.3 is 0 Å². The molecule has 4 heteroatoms. The molecule has 62 valence electrons. The molecule has 1 aromatic carbocycles. The summed E-state index contributed by atoms with van der Waals surface area (Å²) >= 11 is 3.26. The van der Waals surface area contributed by atoms with E-state index in [1.165, 1.54) is 0 Å². The van der Waals surface area contributed by atoms with Gasteiger partial charge in [-0.3, -0.25) is 4.79 Å². The van der Waals surface area contributed by atoms with Gasteiger partial charge in [0, 0.05) is 10.0 Å². The van der Waals surface area contributed by atoms with Crippen molar-refractivity contribution in [1.82, 2.24) is 0 Å². The highest BCUT2D eigenvalue weighted by Crippen LogP contribution is 2.17. The van der Waals surface area contributed by atoms with Gasteiger partial charge in [0.25, 0.3) is 0 Å². The van der Waals surface area contributed by atoms with E-state index in [-0.39, 0.29) is 0 Å². The Bertz CT molecular complexity index is 312. The molecule has 3 nitrogen and oxygen atoms in total. The second-order valence-corrected chi connectivity index (χ2v) is 3.17. The van der Waals surface area contributed by atoms with Gasteiger partial charge in [0.15, 0.2) is 6.29 Å². The van der Waals surface area contributed by atoms with Gasteiger partial charge >= 0.3 is 0 Å². The fourth-order valence-electron chi connectivity index (χ4n) is 0.870. The molecule has 1 aromatic rings. The van der Waals surface area contributed by atoms with Crippen molar-refractivity contribution >= 4 is 22.2 Å². The summed E-state index contributed by atoms with van der Waals surface area (Å²) in [7, 11) is 0. The molecule has 0 aliphatic heterocycles. The molecule has 0 aliphatic carbocycles. The molecule has 12 heavy (non-hydrogen) atoms. The molecule has 0 saturated carbocycles. The lowest BCUT2D eigenvalue weighted by atomic mass is 10.1. The number of aldehydes is 1. The highest BCUT2D eigenvalue weighted by molar-refractivity contribution is 9.10. The first-order valence-electron chi connectivity index (χ1n) is 3.38. The maximum absolute atomic E-state index is 10.4. The summed E-state index contributed by atoms with van der Waals surface area (Å²) in [6, 6.07) is 5.39. The summed E-state index contributed by atoms with van der Waals surface area (Å²) in [5.41, 5.74) is 6.64. The van der Waals surface area contributed by atoms with Crippen molar-refractivity contribution in [3.8, 4) is 0 Å². The molecule has 0 radical (unpaired) electrons. The Kier molecular flexibility index (Phi) is 3.10. The summed E-state index contributed by atoms with van der Waals surface area (Å²) in [5, 5.41) is 3.49. The third-order valence-electron chi connectivity index (χ3n) is 1.47. The molecular formula is C8H8BrN2O+. The van der Waals surface area contributed by atoms with Gasteiger partial charge in [0.2, 0.25) is 0 Å². The van der Waals surface area contributed by atoms with E-state index in [2.05, 4.69) is 21.0 Å². The zero-order valence-electron chi connectivity index (χ0n) is 6.33. The van der Waals surface area contributed by atoms with E-state index >= 15 is 0 Å². The summed E-state index contributed by atoms with van der Waals surface area (Å²) in [6.45, 7) is 0.470. The van der Waals surface area contributed by atoms with Crippen LogP contribution in [-0.4, -0.2) is 6.29 Å². The standard InChI is InChI=1S/C8H7BrN2O/c9-8-3-6(4-11-10)1-2-7(8)5-12/h1-3,5,10H,4H2/p+1. The quantitative estimate of drug-likeness (QED) is 0.608. The van der Waals surface area contributed by atoms with E-state index in [0.717, 1.165) is 16.3 Å². The molecule has 0 heterocycles. The van der Waals surface area contributed by atoms with Gasteiger partial charge in [-0.15, -0.1) is 0 Å². The number of hydrogen-bond donors (Lipinski definition) is 1. The first-order valence-corrected chi connectivity index (χ1v) is 4.17. The van der Waals surface area contributed by atoms with Gasteiger partial charge in [-0.2, -0.15) is 5.53 Å². The van der Waals surface area contributed by atoms with E-state index in [1.807, 2.05) is 12.1 Å². The first kappa shape index (κ1) is 9.06. The van der Waals surface area contributed by atoms with Crippen LogP contribution in [0.25, 0.3) is 0 Å². The van der Waals surface area contributed by atoms with Crippen molar-refractivity contribution in [2.75, 3.05) is 0 Å². The van der Waals surface area contributed by atoms with Crippen molar-refractivity contribution in [3.63, 3.8) is 0 Å². The number of nitrogens with two attached hydrogens (primary N) is 1. The van der Waals surface area contributed by atoms with Crippen molar-refractivity contribution in [2.45, 2.75) is 6.54 Å². The van der Waals surface area contributed by atoms with Crippen molar-refractivity contribution < 1.29 is 10.3 Å². The van der Waals surface area contributed by atoms with Crippen LogP contribution in [0.15, 0.2) is 27.8 Å². The van der Waals surface area contributed by atoms with Crippen LogP contribution in [0.2, 0.25) is 0 Å². The molecule has 1 rings (SSSR count). The van der Waals surface area contributed by atoms with Crippen LogP contribution < -0.4 is 5.53 Å². The second-order valence-electron chi connectivity index (χ2n) is 2.31. The Labute approximate surface area is 78.4 Å². The Morgan fingerprint density at radius 2 is 2.33 bits per heavy atom. The van der Waals surface area contributed by atoms with Gasteiger partial charge in [0.1, 0.15) is 6.54 Å². The smallest absolute Gasteiger partial charge is 0.151 e. The molecule has 0 unspecified atom stereocenters. The Hall–Kier alpha value is -1.03. The first-order chi connectivity index (χ1) is 5.77. The number of hydrogen-bond acceptors (Lipinski definition) is 2. The molecule has 0 amide bonds. The molecule has 0 bridgehead atoms. The number of halogens is 1. The van der Waals surface area contributed by atoms with E-state index in [1.54, 1.807) is 6.07 Å². The average molecular weight is 228 g/mol. The number of nitrogens with zero attached hydrogens (tertiary/aromatic N) is 1. The Balaban J connectivity index is 3.00. The highest BCUT2D eigenvalue weighted by Gasteiger charge is 1.99. The van der Waals surface area contributed by atoms with E-state index in [0.29, 0.717) is 12.1 Å². The van der Waals surface area contributed by atoms with Crippen LogP contribution in [0.5, 0.6) is 0 Å². The zero-order valence-corrected chi connectivity index (χ0v) is 7.91. The lowest BCUT2D eigenvalue weighted by molar-refractivity contribution is -0.223. The minimum absolute atomic E-state index is 0.470. The number of carbonyl (C=O) groups is 1. The maximum Gasteiger partial charge on any atom is 0.151 e. The summed E-state index contributed by atoms with van der Waals surface area (Å²) in [6.07, 6.45) is 0.799. The normalized spacial score (nSPS) is 9.42. The van der Waals surface area contributed by atoms with Crippen LogP contribution in [0, 0.1) is 0 Å². The van der Waals surface area contributed by atoms with Crippen molar-refractivity contribution in [2.24, 2.45) is 5.11 Å². The monoisotopic (exact) mass is 227 g/mol. The summed E-state index contributed by atoms with van der Waals surface area (Å²) in [4.78, 5) is 10.4. The predicted octanol–water partition coefficient (Wildman–Crippen LogP) is 0.973. The summed E-state index contributed by atoms with van der Waals surface area (Å²) in [5.74, 6) is 0. The van der Waals surface area contributed by atoms with Crippen LogP contribution in [0.4, 0.5) is 0 Å². The molecule has 0 aromatic heterocycles. The lowest BCUT2D eigenvalue weighted by Crippen LogP contribution is -2.23. The fourth-order valence-corrected chi connectivity index (χ4v) is 1.39. The van der Waals surface area contributed by atoms with Gasteiger partial charge in [-0.25, -0.2) is 0 Å². The van der Waals surface area contributed by atoms with Crippen LogP contribution in [0.3, 0.4) is 0 Å². The zero-order chi connectivity index (χ0) is 8.97. The van der Waals surface area contributed by atoms with Crippen LogP contribution >= 0.6 is 15.9 Å². The average Bonchev–Trinajstić information content (AvgIpc) is 2.05. The second kappa shape index (κ2) is 4.11. The van der Waals surface area contributed by atoms with E-state index < -0.39 is 0 Å². The van der Waals surface area contributed by atoms with E-state index in [4.69, 9.17) is 5.53 Å². The topological polar surface area (TPSA) is 55.0 Å². The highest BCUT2D eigenvalue weighted by atomic mass is 79.9.